The highest BCUT2D eigenvalue weighted by Crippen LogP contribution is 2.24. The minimum atomic E-state index is -0.366. The van der Waals surface area contributed by atoms with Crippen molar-refractivity contribution in [1.29, 1.82) is 0 Å². The zero-order valence-corrected chi connectivity index (χ0v) is 16.5. The number of halogens is 2. The number of benzene rings is 3. The lowest BCUT2D eigenvalue weighted by molar-refractivity contribution is -0.118. The van der Waals surface area contributed by atoms with E-state index in [0.29, 0.717) is 27.6 Å². The molecule has 0 aliphatic carbocycles. The van der Waals surface area contributed by atoms with E-state index in [1.807, 2.05) is 6.07 Å². The second-order valence-electron chi connectivity index (χ2n) is 5.68. The van der Waals surface area contributed by atoms with Crippen molar-refractivity contribution < 1.29 is 14.3 Å². The first-order valence-corrected chi connectivity index (χ1v) is 9.27. The third-order valence-electron chi connectivity index (χ3n) is 3.72. The molecule has 0 radical (unpaired) electrons. The molecule has 0 saturated carbocycles. The molecule has 3 aromatic rings. The monoisotopic (exact) mass is 443 g/mol. The van der Waals surface area contributed by atoms with Crippen molar-refractivity contribution in [2.75, 3.05) is 11.9 Å². The summed E-state index contributed by atoms with van der Waals surface area (Å²) in [6.07, 6.45) is 0. The summed E-state index contributed by atoms with van der Waals surface area (Å²) in [5, 5.41) is 3.33. The van der Waals surface area contributed by atoms with Crippen LogP contribution >= 0.6 is 27.5 Å². The fourth-order valence-electron chi connectivity index (χ4n) is 2.42. The molecule has 0 atom stereocenters. The fourth-order valence-corrected chi connectivity index (χ4v) is 2.91. The van der Waals surface area contributed by atoms with Gasteiger partial charge in [-0.1, -0.05) is 57.9 Å². The van der Waals surface area contributed by atoms with Gasteiger partial charge in [-0.3, -0.25) is 9.59 Å². The predicted octanol–water partition coefficient (Wildman–Crippen LogP) is 5.35. The van der Waals surface area contributed by atoms with Crippen LogP contribution in [0.5, 0.6) is 5.75 Å². The Balaban J connectivity index is 1.73. The average Bonchev–Trinajstić information content (AvgIpc) is 2.69. The van der Waals surface area contributed by atoms with E-state index in [9.17, 15) is 9.59 Å². The van der Waals surface area contributed by atoms with E-state index in [1.165, 1.54) is 0 Å². The number of hydrogen-bond acceptors (Lipinski definition) is 3. The first kappa shape index (κ1) is 19.1. The lowest BCUT2D eigenvalue weighted by atomic mass is 10.0. The van der Waals surface area contributed by atoms with Gasteiger partial charge in [-0.2, -0.15) is 0 Å². The van der Waals surface area contributed by atoms with Crippen LogP contribution in [0.2, 0.25) is 5.02 Å². The largest absolute Gasteiger partial charge is 0.484 e. The highest BCUT2D eigenvalue weighted by Gasteiger charge is 2.16. The van der Waals surface area contributed by atoms with Crippen molar-refractivity contribution in [1.82, 2.24) is 0 Å². The molecule has 0 fully saturated rings. The Morgan fingerprint density at radius 3 is 2.37 bits per heavy atom. The summed E-state index contributed by atoms with van der Waals surface area (Å²) in [4.78, 5) is 25.1. The van der Waals surface area contributed by atoms with Crippen LogP contribution in [0.25, 0.3) is 0 Å². The van der Waals surface area contributed by atoms with Gasteiger partial charge in [0.25, 0.3) is 5.91 Å². The van der Waals surface area contributed by atoms with Crippen molar-refractivity contribution in [3.05, 3.63) is 93.4 Å². The summed E-state index contributed by atoms with van der Waals surface area (Å²) in [5.74, 6) is -0.00820. The average molecular weight is 445 g/mol. The van der Waals surface area contributed by atoms with E-state index in [1.54, 1.807) is 66.7 Å². The Bertz CT molecular complexity index is 959. The molecule has 0 unspecified atom stereocenters. The van der Waals surface area contributed by atoms with E-state index < -0.39 is 0 Å². The normalized spacial score (nSPS) is 10.3. The molecule has 6 heteroatoms. The summed E-state index contributed by atoms with van der Waals surface area (Å²) in [6, 6.07) is 20.8. The molecule has 0 aromatic heterocycles. The Morgan fingerprint density at radius 2 is 1.67 bits per heavy atom. The number of carbonyl (C=O) groups excluding carboxylic acids is 2. The zero-order chi connectivity index (χ0) is 19.2. The number of ether oxygens (including phenoxy) is 1. The second kappa shape index (κ2) is 8.84. The summed E-state index contributed by atoms with van der Waals surface area (Å²) < 4.78 is 6.19. The summed E-state index contributed by atoms with van der Waals surface area (Å²) in [7, 11) is 0. The highest BCUT2D eigenvalue weighted by molar-refractivity contribution is 9.10. The van der Waals surface area contributed by atoms with Crippen molar-refractivity contribution in [2.45, 2.75) is 0 Å². The summed E-state index contributed by atoms with van der Waals surface area (Å²) >= 11 is 9.19. The second-order valence-corrected chi connectivity index (χ2v) is 7.03. The van der Waals surface area contributed by atoms with Gasteiger partial charge in [0.1, 0.15) is 5.75 Å². The lowest BCUT2D eigenvalue weighted by Gasteiger charge is -2.12. The molecule has 0 aliphatic heterocycles. The number of ketones is 1. The van der Waals surface area contributed by atoms with Gasteiger partial charge in [-0.15, -0.1) is 0 Å². The molecule has 3 rings (SSSR count). The molecule has 3 aromatic carbocycles. The number of rotatable bonds is 6. The van der Waals surface area contributed by atoms with Crippen LogP contribution in [0.4, 0.5) is 5.69 Å². The van der Waals surface area contributed by atoms with Gasteiger partial charge < -0.3 is 10.1 Å². The molecule has 0 aliphatic rings. The van der Waals surface area contributed by atoms with E-state index in [0.717, 1.165) is 4.47 Å². The van der Waals surface area contributed by atoms with Gasteiger partial charge in [0.05, 0.1) is 5.69 Å². The molecular weight excluding hydrogens is 430 g/mol. The van der Waals surface area contributed by atoms with Crippen LogP contribution in [-0.4, -0.2) is 18.3 Å². The fraction of sp³-hybridized carbons (Fsp3) is 0.0476. The maximum atomic E-state index is 12.8. The first-order valence-electron chi connectivity index (χ1n) is 8.10. The first-order chi connectivity index (χ1) is 13.0. The molecule has 1 N–H and O–H groups in total. The standard InChI is InChI=1S/C21H15BrClNO3/c22-15-6-11-19(18(12-15)21(26)14-4-2-1-3-5-14)24-20(25)13-27-17-9-7-16(23)8-10-17/h1-12H,13H2,(H,24,25). The summed E-state index contributed by atoms with van der Waals surface area (Å²) in [5.41, 5.74) is 1.37. The maximum absolute atomic E-state index is 12.8. The molecular formula is C21H15BrClNO3. The zero-order valence-electron chi connectivity index (χ0n) is 14.1. The smallest absolute Gasteiger partial charge is 0.262 e. The molecule has 0 bridgehead atoms. The molecule has 0 heterocycles. The number of hydrogen-bond donors (Lipinski definition) is 1. The van der Waals surface area contributed by atoms with Gasteiger partial charge in [-0.05, 0) is 42.5 Å². The van der Waals surface area contributed by atoms with E-state index in [4.69, 9.17) is 16.3 Å². The van der Waals surface area contributed by atoms with Crippen LogP contribution in [0.1, 0.15) is 15.9 Å². The summed E-state index contributed by atoms with van der Waals surface area (Å²) in [6.45, 7) is -0.184. The number of amides is 1. The highest BCUT2D eigenvalue weighted by atomic mass is 79.9. The molecule has 4 nitrogen and oxygen atoms in total. The molecule has 27 heavy (non-hydrogen) atoms. The minimum absolute atomic E-state index is 0.175. The third kappa shape index (κ3) is 5.18. The van der Waals surface area contributed by atoms with Gasteiger partial charge in [0, 0.05) is 20.6 Å². The predicted molar refractivity (Wildman–Crippen MR) is 110 cm³/mol. The number of carbonyl (C=O) groups is 2. The van der Waals surface area contributed by atoms with Crippen LogP contribution in [0, 0.1) is 0 Å². The van der Waals surface area contributed by atoms with Crippen molar-refractivity contribution in [3.63, 3.8) is 0 Å². The van der Waals surface area contributed by atoms with Crippen molar-refractivity contribution >= 4 is 44.9 Å². The minimum Gasteiger partial charge on any atom is -0.484 e. The number of nitrogens with one attached hydrogen (secondary N) is 1. The molecule has 136 valence electrons. The van der Waals surface area contributed by atoms with E-state index >= 15 is 0 Å². The molecule has 1 amide bonds. The van der Waals surface area contributed by atoms with E-state index in [2.05, 4.69) is 21.2 Å². The van der Waals surface area contributed by atoms with E-state index in [-0.39, 0.29) is 18.3 Å². The van der Waals surface area contributed by atoms with Crippen molar-refractivity contribution in [3.8, 4) is 5.75 Å². The Kier molecular flexibility index (Phi) is 6.27. The number of anilines is 1. The van der Waals surface area contributed by atoms with Gasteiger partial charge in [-0.25, -0.2) is 0 Å². The molecule has 0 saturated heterocycles. The Labute approximate surface area is 170 Å². The SMILES string of the molecule is O=C(COc1ccc(Cl)cc1)Nc1ccc(Br)cc1C(=O)c1ccccc1. The quantitative estimate of drug-likeness (QED) is 0.521. The van der Waals surface area contributed by atoms with Gasteiger partial charge >= 0.3 is 0 Å². The van der Waals surface area contributed by atoms with Crippen LogP contribution in [0.3, 0.4) is 0 Å². The Hall–Kier alpha value is -2.63. The molecule has 0 spiro atoms. The van der Waals surface area contributed by atoms with Crippen LogP contribution in [0.15, 0.2) is 77.3 Å². The van der Waals surface area contributed by atoms with Gasteiger partial charge in [0.15, 0.2) is 12.4 Å². The topological polar surface area (TPSA) is 55.4 Å². The van der Waals surface area contributed by atoms with Gasteiger partial charge in [0.2, 0.25) is 0 Å². The van der Waals surface area contributed by atoms with Crippen LogP contribution in [-0.2, 0) is 4.79 Å². The third-order valence-corrected chi connectivity index (χ3v) is 4.47. The lowest BCUT2D eigenvalue weighted by Crippen LogP contribution is -2.21. The van der Waals surface area contributed by atoms with Crippen LogP contribution < -0.4 is 10.1 Å². The Morgan fingerprint density at radius 1 is 0.963 bits per heavy atom. The maximum Gasteiger partial charge on any atom is 0.262 e. The van der Waals surface area contributed by atoms with Crippen molar-refractivity contribution in [2.24, 2.45) is 0 Å².